The number of hydrazone groups is 1. The van der Waals surface area contributed by atoms with Crippen LogP contribution in [0.15, 0.2) is 65.8 Å². The van der Waals surface area contributed by atoms with Gasteiger partial charge < -0.3 is 14.2 Å². The number of benzene rings is 3. The van der Waals surface area contributed by atoms with E-state index in [1.54, 1.807) is 19.2 Å². The summed E-state index contributed by atoms with van der Waals surface area (Å²) in [6, 6.07) is 19.1. The van der Waals surface area contributed by atoms with Crippen LogP contribution >= 0.6 is 0 Å². The van der Waals surface area contributed by atoms with Crippen molar-refractivity contribution in [1.82, 2.24) is 5.43 Å². The number of nitrogens with zero attached hydrogens (tertiary/aromatic N) is 1. The number of nitrogens with one attached hydrogen (secondary N) is 1. The van der Waals surface area contributed by atoms with Gasteiger partial charge in [0, 0.05) is 0 Å². The maximum absolute atomic E-state index is 12.4. The third kappa shape index (κ3) is 3.62. The van der Waals surface area contributed by atoms with E-state index in [9.17, 15) is 4.79 Å². The third-order valence-corrected chi connectivity index (χ3v) is 4.60. The second kappa shape index (κ2) is 7.60. The Morgan fingerprint density at radius 2 is 1.82 bits per heavy atom. The molecule has 0 spiro atoms. The average Bonchev–Trinajstić information content (AvgIpc) is 2.76. The van der Waals surface area contributed by atoms with Crippen LogP contribution < -0.4 is 19.6 Å². The molecule has 142 valence electrons. The van der Waals surface area contributed by atoms with Gasteiger partial charge in [0.15, 0.2) is 11.5 Å². The molecule has 1 heterocycles. The van der Waals surface area contributed by atoms with Gasteiger partial charge in [0.25, 0.3) is 5.91 Å². The molecular formula is C22H20N2O4. The Balaban J connectivity index is 1.45. The Kier molecular flexibility index (Phi) is 4.85. The molecule has 1 aliphatic heterocycles. The molecule has 6 nitrogen and oxygen atoms in total. The molecule has 1 N–H and O–H groups in total. The zero-order valence-corrected chi connectivity index (χ0v) is 15.6. The maximum atomic E-state index is 12.4. The quantitative estimate of drug-likeness (QED) is 0.559. The summed E-state index contributed by atoms with van der Waals surface area (Å²) in [5, 5.41) is 6.37. The molecule has 0 bridgehead atoms. The summed E-state index contributed by atoms with van der Waals surface area (Å²) in [6.45, 7) is 1.99. The second-order valence-electron chi connectivity index (χ2n) is 6.47. The molecule has 3 aromatic rings. The lowest BCUT2D eigenvalue weighted by molar-refractivity contribution is -0.130. The van der Waals surface area contributed by atoms with Crippen molar-refractivity contribution in [3.8, 4) is 17.2 Å². The smallest absolute Gasteiger partial charge is 0.284 e. The highest BCUT2D eigenvalue weighted by molar-refractivity contribution is 6.02. The molecule has 0 saturated carbocycles. The zero-order valence-electron chi connectivity index (χ0n) is 15.6. The topological polar surface area (TPSA) is 69.2 Å². The van der Waals surface area contributed by atoms with Crippen LogP contribution in [0.2, 0.25) is 0 Å². The van der Waals surface area contributed by atoms with Gasteiger partial charge in [0.1, 0.15) is 12.4 Å². The number of hydrogen-bond acceptors (Lipinski definition) is 5. The first-order valence-electron chi connectivity index (χ1n) is 8.95. The van der Waals surface area contributed by atoms with Crippen LogP contribution in [0, 0.1) is 0 Å². The first-order valence-corrected chi connectivity index (χ1v) is 8.95. The molecule has 4 rings (SSSR count). The van der Waals surface area contributed by atoms with Gasteiger partial charge in [-0.3, -0.25) is 4.79 Å². The summed E-state index contributed by atoms with van der Waals surface area (Å²) in [7, 11) is 1.65. The minimum atomic E-state index is -0.740. The first-order chi connectivity index (χ1) is 13.6. The Hall–Kier alpha value is -3.54. The summed E-state index contributed by atoms with van der Waals surface area (Å²) >= 11 is 0. The van der Waals surface area contributed by atoms with Crippen LogP contribution in [0.5, 0.6) is 17.2 Å². The molecule has 1 unspecified atom stereocenters. The molecule has 1 amide bonds. The molecule has 0 fully saturated rings. The monoisotopic (exact) mass is 376 g/mol. The van der Waals surface area contributed by atoms with E-state index in [4.69, 9.17) is 14.2 Å². The maximum Gasteiger partial charge on any atom is 0.284 e. The van der Waals surface area contributed by atoms with Crippen molar-refractivity contribution in [2.45, 2.75) is 13.0 Å². The van der Waals surface area contributed by atoms with E-state index in [1.165, 1.54) is 0 Å². The van der Waals surface area contributed by atoms with Crippen molar-refractivity contribution in [3.63, 3.8) is 0 Å². The van der Waals surface area contributed by atoms with E-state index < -0.39 is 6.10 Å². The normalized spacial score (nSPS) is 15.9. The summed E-state index contributed by atoms with van der Waals surface area (Å²) in [5.41, 5.74) is 4.19. The van der Waals surface area contributed by atoms with Gasteiger partial charge in [-0.05, 0) is 53.6 Å². The highest BCUT2D eigenvalue weighted by Gasteiger charge is 2.27. The van der Waals surface area contributed by atoms with Gasteiger partial charge in [-0.1, -0.05) is 30.3 Å². The lowest BCUT2D eigenvalue weighted by Gasteiger charge is -2.24. The number of carbonyl (C=O) groups is 1. The number of carbonyl (C=O) groups excluding carboxylic acids is 1. The Labute approximate surface area is 162 Å². The Morgan fingerprint density at radius 1 is 1.07 bits per heavy atom. The van der Waals surface area contributed by atoms with Crippen LogP contribution in [-0.4, -0.2) is 31.4 Å². The number of methoxy groups -OCH3 is 1. The standard InChI is InChI=1S/C22H20N2O4/c1-14(15-7-8-17-12-18(26-2)10-9-16(17)11-15)23-24-22(25)21-13-27-19-5-3-4-6-20(19)28-21/h3-12,21H,13H2,1-2H3,(H,24,25). The fourth-order valence-corrected chi connectivity index (χ4v) is 3.00. The minimum absolute atomic E-state index is 0.148. The highest BCUT2D eigenvalue weighted by atomic mass is 16.6. The summed E-state index contributed by atoms with van der Waals surface area (Å²) in [4.78, 5) is 12.4. The predicted molar refractivity (Wildman–Crippen MR) is 107 cm³/mol. The Morgan fingerprint density at radius 3 is 2.64 bits per heavy atom. The number of fused-ring (bicyclic) bond motifs is 2. The van der Waals surface area contributed by atoms with Crippen LogP contribution in [0.4, 0.5) is 0 Å². The van der Waals surface area contributed by atoms with E-state index >= 15 is 0 Å². The van der Waals surface area contributed by atoms with E-state index in [2.05, 4.69) is 10.5 Å². The highest BCUT2D eigenvalue weighted by Crippen LogP contribution is 2.30. The summed E-state index contributed by atoms with van der Waals surface area (Å²) < 4.78 is 16.5. The lowest BCUT2D eigenvalue weighted by atomic mass is 10.0. The molecule has 28 heavy (non-hydrogen) atoms. The molecule has 0 radical (unpaired) electrons. The second-order valence-corrected chi connectivity index (χ2v) is 6.47. The molecule has 0 saturated heterocycles. The molecule has 6 heteroatoms. The largest absolute Gasteiger partial charge is 0.497 e. The lowest BCUT2D eigenvalue weighted by Crippen LogP contribution is -2.42. The minimum Gasteiger partial charge on any atom is -0.497 e. The van der Waals surface area contributed by atoms with E-state index in [0.29, 0.717) is 17.2 Å². The number of amides is 1. The van der Waals surface area contributed by atoms with Gasteiger partial charge in [-0.25, -0.2) is 5.43 Å². The van der Waals surface area contributed by atoms with Crippen molar-refractivity contribution in [3.05, 3.63) is 66.2 Å². The molecule has 0 aromatic heterocycles. The van der Waals surface area contributed by atoms with E-state index in [1.807, 2.05) is 55.5 Å². The number of ether oxygens (including phenoxy) is 3. The fraction of sp³-hybridized carbons (Fsp3) is 0.182. The van der Waals surface area contributed by atoms with Gasteiger partial charge in [0.2, 0.25) is 6.10 Å². The molecular weight excluding hydrogens is 356 g/mol. The molecule has 3 aromatic carbocycles. The third-order valence-electron chi connectivity index (χ3n) is 4.60. The van der Waals surface area contributed by atoms with Crippen molar-refractivity contribution in [1.29, 1.82) is 0 Å². The fourth-order valence-electron chi connectivity index (χ4n) is 3.00. The van der Waals surface area contributed by atoms with Crippen LogP contribution in [0.3, 0.4) is 0 Å². The summed E-state index contributed by atoms with van der Waals surface area (Å²) in [6.07, 6.45) is -0.740. The molecule has 0 aliphatic carbocycles. The van der Waals surface area contributed by atoms with Crippen molar-refractivity contribution >= 4 is 22.4 Å². The zero-order chi connectivity index (χ0) is 19.5. The van der Waals surface area contributed by atoms with Crippen molar-refractivity contribution in [2.24, 2.45) is 5.10 Å². The van der Waals surface area contributed by atoms with Gasteiger partial charge >= 0.3 is 0 Å². The summed E-state index contributed by atoms with van der Waals surface area (Å²) in [5.74, 6) is 1.66. The Bertz CT molecular complexity index is 1060. The SMILES string of the molecule is COc1ccc2cc(C(C)=NNC(=O)C3COc4ccccc4O3)ccc2c1. The van der Waals surface area contributed by atoms with Crippen LogP contribution in [0.1, 0.15) is 12.5 Å². The first kappa shape index (κ1) is 17.9. The van der Waals surface area contributed by atoms with Crippen molar-refractivity contribution < 1.29 is 19.0 Å². The predicted octanol–water partition coefficient (Wildman–Crippen LogP) is 3.53. The van der Waals surface area contributed by atoms with Crippen LogP contribution in [-0.2, 0) is 4.79 Å². The van der Waals surface area contributed by atoms with E-state index in [-0.39, 0.29) is 12.5 Å². The number of para-hydroxylation sites is 2. The van der Waals surface area contributed by atoms with E-state index in [0.717, 1.165) is 22.1 Å². The number of hydrogen-bond donors (Lipinski definition) is 1. The van der Waals surface area contributed by atoms with Gasteiger partial charge in [0.05, 0.1) is 12.8 Å². The van der Waals surface area contributed by atoms with Crippen LogP contribution in [0.25, 0.3) is 10.8 Å². The molecule has 1 aliphatic rings. The number of rotatable bonds is 4. The van der Waals surface area contributed by atoms with Gasteiger partial charge in [-0.15, -0.1) is 0 Å². The van der Waals surface area contributed by atoms with Crippen molar-refractivity contribution in [2.75, 3.05) is 13.7 Å². The molecule has 1 atom stereocenters. The van der Waals surface area contributed by atoms with Gasteiger partial charge in [-0.2, -0.15) is 5.10 Å². The average molecular weight is 376 g/mol.